The topological polar surface area (TPSA) is 70.5 Å². The van der Waals surface area contributed by atoms with Crippen molar-refractivity contribution in [1.29, 1.82) is 0 Å². The number of hydrogen-bond acceptors (Lipinski definition) is 6. The van der Waals surface area contributed by atoms with Crippen molar-refractivity contribution in [1.82, 2.24) is 9.97 Å². The number of methoxy groups -OCH3 is 2. The van der Waals surface area contributed by atoms with Crippen molar-refractivity contribution in [2.24, 2.45) is 0 Å². The highest BCUT2D eigenvalue weighted by molar-refractivity contribution is 5.89. The fourth-order valence-corrected chi connectivity index (χ4v) is 0.937. The Bertz CT molecular complexity index is 354. The Hall–Kier alpha value is -1.85. The summed E-state index contributed by atoms with van der Waals surface area (Å²) in [5.41, 5.74) is 0.0418. The maximum atomic E-state index is 11.4. The van der Waals surface area contributed by atoms with Gasteiger partial charge in [-0.15, -0.1) is 0 Å². The molecule has 0 aliphatic carbocycles. The Morgan fingerprint density at radius 2 is 2.13 bits per heavy atom. The van der Waals surface area contributed by atoms with Gasteiger partial charge in [0.25, 0.3) is 5.88 Å². The third-order valence-electron chi connectivity index (χ3n) is 1.59. The van der Waals surface area contributed by atoms with Crippen LogP contribution >= 0.6 is 0 Å². The molecule has 0 N–H and O–H groups in total. The number of nitrogens with zero attached hydrogens (tertiary/aromatic N) is 2. The van der Waals surface area contributed by atoms with E-state index in [9.17, 15) is 4.79 Å². The summed E-state index contributed by atoms with van der Waals surface area (Å²) < 4.78 is 14.5. The summed E-state index contributed by atoms with van der Waals surface area (Å²) in [6.07, 6.45) is 1.33. The van der Waals surface area contributed by atoms with Crippen LogP contribution in [0.4, 0.5) is 0 Å². The molecule has 1 aromatic rings. The van der Waals surface area contributed by atoms with E-state index in [1.54, 1.807) is 6.92 Å². The van der Waals surface area contributed by atoms with Crippen LogP contribution in [0, 0.1) is 0 Å². The van der Waals surface area contributed by atoms with Gasteiger partial charge in [0.1, 0.15) is 0 Å². The molecule has 0 atom stereocenters. The SMILES string of the molecule is CCOC(=O)c1ncc(OC)nc1OC. The molecule has 0 saturated heterocycles. The molecule has 0 aromatic carbocycles. The molecule has 0 aliphatic heterocycles. The fourth-order valence-electron chi connectivity index (χ4n) is 0.937. The zero-order chi connectivity index (χ0) is 11.3. The minimum atomic E-state index is -0.565. The predicted octanol–water partition coefficient (Wildman–Crippen LogP) is 0.670. The van der Waals surface area contributed by atoms with Crippen LogP contribution in [0.25, 0.3) is 0 Å². The van der Waals surface area contributed by atoms with E-state index in [1.807, 2.05) is 0 Å². The van der Waals surface area contributed by atoms with Crippen LogP contribution in [-0.4, -0.2) is 36.8 Å². The lowest BCUT2D eigenvalue weighted by atomic mass is 10.4. The third-order valence-corrected chi connectivity index (χ3v) is 1.59. The van der Waals surface area contributed by atoms with Gasteiger partial charge in [0, 0.05) is 0 Å². The Morgan fingerprint density at radius 1 is 1.40 bits per heavy atom. The molecule has 0 spiro atoms. The molecular weight excluding hydrogens is 200 g/mol. The average molecular weight is 212 g/mol. The lowest BCUT2D eigenvalue weighted by Crippen LogP contribution is -2.10. The zero-order valence-corrected chi connectivity index (χ0v) is 8.81. The highest BCUT2D eigenvalue weighted by atomic mass is 16.5. The Labute approximate surface area is 87.2 Å². The van der Waals surface area contributed by atoms with E-state index in [-0.39, 0.29) is 24.1 Å². The van der Waals surface area contributed by atoms with E-state index >= 15 is 0 Å². The van der Waals surface area contributed by atoms with E-state index in [4.69, 9.17) is 14.2 Å². The van der Waals surface area contributed by atoms with Crippen molar-refractivity contribution in [2.45, 2.75) is 6.92 Å². The number of hydrogen-bond donors (Lipinski definition) is 0. The lowest BCUT2D eigenvalue weighted by molar-refractivity contribution is 0.0514. The molecular formula is C9H12N2O4. The Kier molecular flexibility index (Phi) is 3.84. The summed E-state index contributed by atoms with van der Waals surface area (Å²) >= 11 is 0. The van der Waals surface area contributed by atoms with Gasteiger partial charge >= 0.3 is 5.97 Å². The van der Waals surface area contributed by atoms with Crippen molar-refractivity contribution in [3.63, 3.8) is 0 Å². The normalized spacial score (nSPS) is 9.53. The van der Waals surface area contributed by atoms with Crippen molar-refractivity contribution in [2.75, 3.05) is 20.8 Å². The maximum absolute atomic E-state index is 11.4. The van der Waals surface area contributed by atoms with Crippen molar-refractivity contribution < 1.29 is 19.0 Å². The van der Waals surface area contributed by atoms with Gasteiger partial charge in [-0.3, -0.25) is 0 Å². The average Bonchev–Trinajstić information content (AvgIpc) is 2.28. The summed E-state index contributed by atoms with van der Waals surface area (Å²) in [7, 11) is 2.85. The molecule has 0 unspecified atom stereocenters. The van der Waals surface area contributed by atoms with Gasteiger partial charge in [-0.25, -0.2) is 9.78 Å². The molecule has 0 saturated carbocycles. The first-order valence-corrected chi connectivity index (χ1v) is 4.35. The van der Waals surface area contributed by atoms with Gasteiger partial charge in [-0.2, -0.15) is 4.98 Å². The van der Waals surface area contributed by atoms with Crippen molar-refractivity contribution >= 4 is 5.97 Å². The predicted molar refractivity (Wildman–Crippen MR) is 51.1 cm³/mol. The summed E-state index contributed by atoms with van der Waals surface area (Å²) in [6.45, 7) is 1.98. The van der Waals surface area contributed by atoms with Crippen LogP contribution in [0.1, 0.15) is 17.4 Å². The third kappa shape index (κ3) is 2.55. The van der Waals surface area contributed by atoms with Crippen LogP contribution in [0.15, 0.2) is 6.20 Å². The van der Waals surface area contributed by atoms with Crippen LogP contribution < -0.4 is 9.47 Å². The second kappa shape index (κ2) is 5.14. The van der Waals surface area contributed by atoms with Gasteiger partial charge < -0.3 is 14.2 Å². The van der Waals surface area contributed by atoms with Crippen LogP contribution in [0.3, 0.4) is 0 Å². The molecule has 6 heteroatoms. The summed E-state index contributed by atoms with van der Waals surface area (Å²) in [5.74, 6) is -0.197. The van der Waals surface area contributed by atoms with E-state index in [2.05, 4.69) is 9.97 Å². The molecule has 0 amide bonds. The van der Waals surface area contributed by atoms with Crippen molar-refractivity contribution in [3.8, 4) is 11.8 Å². The lowest BCUT2D eigenvalue weighted by Gasteiger charge is -2.06. The van der Waals surface area contributed by atoms with E-state index in [0.29, 0.717) is 0 Å². The second-order valence-electron chi connectivity index (χ2n) is 2.49. The minimum absolute atomic E-state index is 0.0418. The Balaban J connectivity index is 3.02. The van der Waals surface area contributed by atoms with Crippen LogP contribution in [0.5, 0.6) is 11.8 Å². The summed E-state index contributed by atoms with van der Waals surface area (Å²) in [5, 5.41) is 0. The molecule has 0 aliphatic rings. The first kappa shape index (κ1) is 11.2. The number of carbonyl (C=O) groups excluding carboxylic acids is 1. The van der Waals surface area contributed by atoms with Crippen molar-refractivity contribution in [3.05, 3.63) is 11.9 Å². The molecule has 0 bridgehead atoms. The summed E-state index contributed by atoms with van der Waals surface area (Å²) in [6, 6.07) is 0. The number of rotatable bonds is 4. The monoisotopic (exact) mass is 212 g/mol. The van der Waals surface area contributed by atoms with Gasteiger partial charge in [0.2, 0.25) is 11.6 Å². The standard InChI is InChI=1S/C9H12N2O4/c1-4-15-9(12)7-8(14-3)11-6(13-2)5-10-7/h5H,4H2,1-3H3. The first-order chi connectivity index (χ1) is 7.22. The van der Waals surface area contributed by atoms with Gasteiger partial charge in [-0.1, -0.05) is 0 Å². The van der Waals surface area contributed by atoms with Crippen LogP contribution in [-0.2, 0) is 4.74 Å². The maximum Gasteiger partial charge on any atom is 0.362 e. The second-order valence-corrected chi connectivity index (χ2v) is 2.49. The van der Waals surface area contributed by atoms with E-state index in [1.165, 1.54) is 20.4 Å². The molecule has 1 heterocycles. The number of ether oxygens (including phenoxy) is 3. The number of esters is 1. The first-order valence-electron chi connectivity index (χ1n) is 4.35. The van der Waals surface area contributed by atoms with Gasteiger partial charge in [-0.05, 0) is 6.92 Å². The van der Waals surface area contributed by atoms with Gasteiger partial charge in [0.15, 0.2) is 0 Å². The quantitative estimate of drug-likeness (QED) is 0.683. The van der Waals surface area contributed by atoms with Crippen LogP contribution in [0.2, 0.25) is 0 Å². The molecule has 1 aromatic heterocycles. The zero-order valence-electron chi connectivity index (χ0n) is 8.81. The fraction of sp³-hybridized carbons (Fsp3) is 0.444. The van der Waals surface area contributed by atoms with Gasteiger partial charge in [0.05, 0.1) is 27.0 Å². The van der Waals surface area contributed by atoms with E-state index < -0.39 is 5.97 Å². The van der Waals surface area contributed by atoms with E-state index in [0.717, 1.165) is 0 Å². The molecule has 82 valence electrons. The Morgan fingerprint density at radius 3 is 2.67 bits per heavy atom. The largest absolute Gasteiger partial charge is 0.480 e. The molecule has 0 fully saturated rings. The molecule has 1 rings (SSSR count). The smallest absolute Gasteiger partial charge is 0.362 e. The molecule has 0 radical (unpaired) electrons. The highest BCUT2D eigenvalue weighted by Crippen LogP contribution is 2.17. The minimum Gasteiger partial charge on any atom is -0.480 e. The number of carbonyl (C=O) groups is 1. The number of aromatic nitrogens is 2. The molecule has 6 nitrogen and oxygen atoms in total. The highest BCUT2D eigenvalue weighted by Gasteiger charge is 2.17. The molecule has 15 heavy (non-hydrogen) atoms. The summed E-state index contributed by atoms with van der Waals surface area (Å²) in [4.78, 5) is 19.1.